The van der Waals surface area contributed by atoms with Gasteiger partial charge in [0, 0.05) is 43.0 Å². The highest BCUT2D eigenvalue weighted by Crippen LogP contribution is 2.23. The molecule has 0 saturated carbocycles. The van der Waals surface area contributed by atoms with Gasteiger partial charge in [0.2, 0.25) is 0 Å². The number of imidazole rings is 1. The van der Waals surface area contributed by atoms with Gasteiger partial charge in [-0.05, 0) is 30.3 Å². The minimum Gasteiger partial charge on any atom is -0.310 e. The number of nitrogens with zero attached hydrogens (tertiary/aromatic N) is 6. The van der Waals surface area contributed by atoms with Crippen molar-refractivity contribution in [3.05, 3.63) is 96.8 Å². The van der Waals surface area contributed by atoms with Gasteiger partial charge in [0.15, 0.2) is 17.3 Å². The molecule has 2 aromatic carbocycles. The molecule has 0 N–H and O–H groups in total. The van der Waals surface area contributed by atoms with E-state index in [1.54, 1.807) is 27.7 Å². The van der Waals surface area contributed by atoms with Crippen LogP contribution in [0.25, 0.3) is 22.6 Å². The number of carbonyl (C=O) groups is 1. The summed E-state index contributed by atoms with van der Waals surface area (Å²) in [5, 5.41) is 4.22. The highest BCUT2D eigenvalue weighted by atomic mass is 19.2. The fourth-order valence-electron chi connectivity index (χ4n) is 3.40. The lowest BCUT2D eigenvalue weighted by Crippen LogP contribution is -2.27. The molecule has 0 radical (unpaired) electrons. The molecule has 5 aromatic rings. The van der Waals surface area contributed by atoms with Crippen LogP contribution in [-0.4, -0.2) is 37.1 Å². The molecule has 32 heavy (non-hydrogen) atoms. The molecule has 0 aliphatic carbocycles. The summed E-state index contributed by atoms with van der Waals surface area (Å²) in [7, 11) is 1.48. The van der Waals surface area contributed by atoms with Gasteiger partial charge in [-0.1, -0.05) is 12.1 Å². The van der Waals surface area contributed by atoms with Crippen LogP contribution in [-0.2, 0) is 0 Å². The Balaban J connectivity index is 1.48. The van der Waals surface area contributed by atoms with Crippen molar-refractivity contribution in [3.8, 4) is 16.9 Å². The minimum absolute atomic E-state index is 0.136. The smallest absolute Gasteiger partial charge is 0.278 e. The summed E-state index contributed by atoms with van der Waals surface area (Å²) < 4.78 is 30.3. The summed E-state index contributed by atoms with van der Waals surface area (Å²) >= 11 is 0. The first-order valence-corrected chi connectivity index (χ1v) is 9.68. The van der Waals surface area contributed by atoms with Crippen LogP contribution in [0, 0.1) is 11.6 Å². The molecule has 158 valence electrons. The third-order valence-corrected chi connectivity index (χ3v) is 5.14. The van der Waals surface area contributed by atoms with E-state index in [2.05, 4.69) is 15.1 Å². The zero-order chi connectivity index (χ0) is 22.2. The molecule has 0 spiro atoms. The largest absolute Gasteiger partial charge is 0.310 e. The molecule has 0 bridgehead atoms. The fraction of sp³-hybridized carbons (Fsp3) is 0.0435. The Morgan fingerprint density at radius 2 is 1.81 bits per heavy atom. The monoisotopic (exact) mass is 430 g/mol. The van der Waals surface area contributed by atoms with E-state index in [1.165, 1.54) is 24.2 Å². The zero-order valence-electron chi connectivity index (χ0n) is 16.9. The van der Waals surface area contributed by atoms with Crippen LogP contribution in [0.4, 0.5) is 14.5 Å². The normalized spacial score (nSPS) is 11.1. The Hall–Kier alpha value is -4.40. The first kappa shape index (κ1) is 19.6. The van der Waals surface area contributed by atoms with Gasteiger partial charge in [0.1, 0.15) is 5.69 Å². The SMILES string of the molecule is CN(C(=O)c1cn2c(-c3ccc(-n4cccn4)cc3)cnc2cn1)c1ccc(F)c(F)c1. The Kier molecular flexibility index (Phi) is 4.70. The minimum atomic E-state index is -1.03. The molecule has 0 unspecified atom stereocenters. The van der Waals surface area contributed by atoms with Crippen LogP contribution >= 0.6 is 0 Å². The predicted molar refractivity (Wildman–Crippen MR) is 115 cm³/mol. The Bertz CT molecular complexity index is 1430. The van der Waals surface area contributed by atoms with Gasteiger partial charge in [-0.3, -0.25) is 9.20 Å². The van der Waals surface area contributed by atoms with Crippen LogP contribution in [0.2, 0.25) is 0 Å². The van der Waals surface area contributed by atoms with E-state index in [0.717, 1.165) is 29.1 Å². The number of fused-ring (bicyclic) bond motifs is 1. The van der Waals surface area contributed by atoms with Gasteiger partial charge in [0.05, 0.1) is 23.8 Å². The second-order valence-electron chi connectivity index (χ2n) is 7.10. The predicted octanol–water partition coefficient (Wildman–Crippen LogP) is 4.14. The summed E-state index contributed by atoms with van der Waals surface area (Å²) in [4.78, 5) is 22.7. The van der Waals surface area contributed by atoms with Gasteiger partial charge in [-0.2, -0.15) is 5.10 Å². The van der Waals surface area contributed by atoms with E-state index in [9.17, 15) is 13.6 Å². The molecule has 7 nitrogen and oxygen atoms in total. The molecule has 5 rings (SSSR count). The van der Waals surface area contributed by atoms with Crippen LogP contribution in [0.3, 0.4) is 0 Å². The molecule has 0 fully saturated rings. The highest BCUT2D eigenvalue weighted by Gasteiger charge is 2.18. The van der Waals surface area contributed by atoms with Crippen LogP contribution in [0.1, 0.15) is 10.5 Å². The second-order valence-corrected chi connectivity index (χ2v) is 7.10. The maximum atomic E-state index is 13.6. The summed E-state index contributed by atoms with van der Waals surface area (Å²) in [6.07, 6.45) is 8.34. The number of anilines is 1. The summed E-state index contributed by atoms with van der Waals surface area (Å²) in [6.45, 7) is 0. The molecule has 0 saturated heterocycles. The van der Waals surface area contributed by atoms with Crippen molar-refractivity contribution >= 4 is 17.2 Å². The van der Waals surface area contributed by atoms with E-state index < -0.39 is 17.5 Å². The van der Waals surface area contributed by atoms with Crippen molar-refractivity contribution in [2.24, 2.45) is 0 Å². The number of amides is 1. The standard InChI is InChI=1S/C23H16F2N6O/c1-29(17-7-8-18(24)19(25)11-17)23(32)20-14-30-21(12-27-22(30)13-26-20)15-3-5-16(6-4-15)31-10-2-9-28-31/h2-14H,1H3. The third-order valence-electron chi connectivity index (χ3n) is 5.14. The van der Waals surface area contributed by atoms with Crippen LogP contribution < -0.4 is 4.90 Å². The van der Waals surface area contributed by atoms with Gasteiger partial charge in [-0.25, -0.2) is 23.4 Å². The molecule has 0 atom stereocenters. The number of rotatable bonds is 4. The number of halogens is 2. The molecular weight excluding hydrogens is 414 g/mol. The van der Waals surface area contributed by atoms with Crippen molar-refractivity contribution < 1.29 is 13.6 Å². The van der Waals surface area contributed by atoms with Crippen molar-refractivity contribution in [1.29, 1.82) is 0 Å². The lowest BCUT2D eigenvalue weighted by atomic mass is 10.1. The van der Waals surface area contributed by atoms with Gasteiger partial charge in [0.25, 0.3) is 5.91 Å². The maximum absolute atomic E-state index is 13.6. The fourth-order valence-corrected chi connectivity index (χ4v) is 3.40. The molecule has 3 heterocycles. The van der Waals surface area contributed by atoms with Gasteiger partial charge >= 0.3 is 0 Å². The number of benzene rings is 2. The third kappa shape index (κ3) is 3.39. The summed E-state index contributed by atoms with van der Waals surface area (Å²) in [6, 6.07) is 12.9. The van der Waals surface area contributed by atoms with Crippen molar-refractivity contribution in [2.75, 3.05) is 11.9 Å². The molecular formula is C23H16F2N6O. The van der Waals surface area contributed by atoms with Crippen molar-refractivity contribution in [2.45, 2.75) is 0 Å². The van der Waals surface area contributed by atoms with E-state index in [4.69, 9.17) is 0 Å². The summed E-state index contributed by atoms with van der Waals surface area (Å²) in [5.41, 5.74) is 3.51. The van der Waals surface area contributed by atoms with E-state index in [0.29, 0.717) is 5.65 Å². The van der Waals surface area contributed by atoms with Gasteiger partial charge < -0.3 is 4.90 Å². The average molecular weight is 430 g/mol. The first-order chi connectivity index (χ1) is 15.5. The number of carbonyl (C=O) groups excluding carboxylic acids is 1. The second kappa shape index (κ2) is 7.69. The first-order valence-electron chi connectivity index (χ1n) is 9.68. The topological polar surface area (TPSA) is 68.3 Å². The van der Waals surface area contributed by atoms with E-state index >= 15 is 0 Å². The molecule has 1 amide bonds. The lowest BCUT2D eigenvalue weighted by molar-refractivity contribution is 0.0987. The lowest BCUT2D eigenvalue weighted by Gasteiger charge is -2.17. The quantitative estimate of drug-likeness (QED) is 0.430. The Morgan fingerprint density at radius 3 is 2.53 bits per heavy atom. The Labute approximate surface area is 181 Å². The summed E-state index contributed by atoms with van der Waals surface area (Å²) in [5.74, 6) is -2.47. The van der Waals surface area contributed by atoms with E-state index in [1.807, 2.05) is 36.5 Å². The molecule has 3 aromatic heterocycles. The zero-order valence-corrected chi connectivity index (χ0v) is 16.9. The maximum Gasteiger partial charge on any atom is 0.278 e. The average Bonchev–Trinajstić information content (AvgIpc) is 3.50. The van der Waals surface area contributed by atoms with Crippen molar-refractivity contribution in [1.82, 2.24) is 24.1 Å². The van der Waals surface area contributed by atoms with E-state index in [-0.39, 0.29) is 11.4 Å². The molecule has 9 heteroatoms. The van der Waals surface area contributed by atoms with Gasteiger partial charge in [-0.15, -0.1) is 0 Å². The highest BCUT2D eigenvalue weighted by molar-refractivity contribution is 6.04. The number of aromatic nitrogens is 5. The molecule has 0 aliphatic rings. The molecule has 0 aliphatic heterocycles. The number of hydrogen-bond donors (Lipinski definition) is 0. The number of hydrogen-bond acceptors (Lipinski definition) is 4. The van der Waals surface area contributed by atoms with Crippen LogP contribution in [0.15, 0.2) is 79.5 Å². The Morgan fingerprint density at radius 1 is 1.00 bits per heavy atom. The van der Waals surface area contributed by atoms with Crippen molar-refractivity contribution in [3.63, 3.8) is 0 Å². The van der Waals surface area contributed by atoms with Crippen LogP contribution in [0.5, 0.6) is 0 Å².